The highest BCUT2D eigenvalue weighted by molar-refractivity contribution is 7.89. The number of carbonyl (C=O) groups excluding carboxylic acids is 1. The van der Waals surface area contributed by atoms with Crippen LogP contribution in [0.2, 0.25) is 5.02 Å². The molecule has 0 saturated carbocycles. The topological polar surface area (TPSA) is 103 Å². The second kappa shape index (κ2) is 9.44. The highest BCUT2D eigenvalue weighted by atomic mass is 35.5. The van der Waals surface area contributed by atoms with Crippen molar-refractivity contribution in [1.29, 1.82) is 0 Å². The normalized spacial score (nSPS) is 12.7. The number of sulfonamides is 1. The van der Waals surface area contributed by atoms with Gasteiger partial charge in [-0.2, -0.15) is 4.72 Å². The van der Waals surface area contributed by atoms with Gasteiger partial charge in [-0.15, -0.1) is 0 Å². The monoisotopic (exact) mass is 477 g/mol. The molecule has 7 nitrogen and oxygen atoms in total. The van der Waals surface area contributed by atoms with E-state index in [0.29, 0.717) is 22.9 Å². The molecule has 1 atom stereocenters. The van der Waals surface area contributed by atoms with Gasteiger partial charge >= 0.3 is 11.6 Å². The molecule has 1 heterocycles. The van der Waals surface area contributed by atoms with Crippen LogP contribution in [0, 0.1) is 20.8 Å². The Morgan fingerprint density at radius 2 is 1.78 bits per heavy atom. The van der Waals surface area contributed by atoms with Crippen LogP contribution in [0.3, 0.4) is 0 Å². The van der Waals surface area contributed by atoms with E-state index < -0.39 is 27.7 Å². The molecule has 9 heteroatoms. The van der Waals surface area contributed by atoms with E-state index in [-0.39, 0.29) is 27.7 Å². The van der Waals surface area contributed by atoms with Crippen molar-refractivity contribution in [3.63, 3.8) is 0 Å². The Hall–Kier alpha value is -2.68. The molecule has 0 amide bonds. The number of fused-ring (bicyclic) bond motifs is 1. The maximum atomic E-state index is 12.8. The summed E-state index contributed by atoms with van der Waals surface area (Å²) in [5, 5.41) is 0.760. The third-order valence-corrected chi connectivity index (χ3v) is 6.99. The fraction of sp³-hybridized carbons (Fsp3) is 0.304. The highest BCUT2D eigenvalue weighted by Gasteiger charge is 2.27. The molecule has 0 unspecified atom stereocenters. The first-order chi connectivity index (χ1) is 15.0. The number of carbonyl (C=O) groups is 1. The van der Waals surface area contributed by atoms with Crippen molar-refractivity contribution in [2.75, 3.05) is 0 Å². The second-order valence-electron chi connectivity index (χ2n) is 7.62. The van der Waals surface area contributed by atoms with Crippen LogP contribution in [0.4, 0.5) is 0 Å². The minimum absolute atomic E-state index is 0.0220. The van der Waals surface area contributed by atoms with Gasteiger partial charge in [0.15, 0.2) is 5.75 Å². The minimum Gasteiger partial charge on any atom is -0.424 e. The number of esters is 1. The Bertz CT molecular complexity index is 1330. The second-order valence-corrected chi connectivity index (χ2v) is 9.74. The molecular weight excluding hydrogens is 454 g/mol. The van der Waals surface area contributed by atoms with Gasteiger partial charge in [-0.3, -0.25) is 0 Å². The molecule has 0 saturated heterocycles. The van der Waals surface area contributed by atoms with Crippen LogP contribution in [-0.4, -0.2) is 20.4 Å². The van der Waals surface area contributed by atoms with Gasteiger partial charge in [0.25, 0.3) is 0 Å². The van der Waals surface area contributed by atoms with Gasteiger partial charge in [0, 0.05) is 17.0 Å². The summed E-state index contributed by atoms with van der Waals surface area (Å²) in [4.78, 5) is 24.9. The highest BCUT2D eigenvalue weighted by Crippen LogP contribution is 2.32. The third kappa shape index (κ3) is 5.03. The molecule has 3 aromatic rings. The van der Waals surface area contributed by atoms with Gasteiger partial charge in [0.05, 0.1) is 9.92 Å². The summed E-state index contributed by atoms with van der Waals surface area (Å²) in [5.41, 5.74) is 1.82. The summed E-state index contributed by atoms with van der Waals surface area (Å²) in [6.07, 6.45) is 0.761. The van der Waals surface area contributed by atoms with Gasteiger partial charge in [0.2, 0.25) is 10.0 Å². The largest absolute Gasteiger partial charge is 0.424 e. The number of hydrogen-bond acceptors (Lipinski definition) is 6. The van der Waals surface area contributed by atoms with E-state index in [1.54, 1.807) is 32.0 Å². The lowest BCUT2D eigenvalue weighted by atomic mass is 10.1. The lowest BCUT2D eigenvalue weighted by molar-refractivity contribution is -0.136. The van der Waals surface area contributed by atoms with Crippen molar-refractivity contribution in [2.24, 2.45) is 0 Å². The van der Waals surface area contributed by atoms with Crippen LogP contribution in [-0.2, 0) is 14.8 Å². The van der Waals surface area contributed by atoms with Crippen LogP contribution >= 0.6 is 11.6 Å². The quantitative estimate of drug-likeness (QED) is 0.307. The molecule has 1 aromatic heterocycles. The van der Waals surface area contributed by atoms with Crippen LogP contribution < -0.4 is 15.1 Å². The number of rotatable bonds is 7. The number of halogens is 1. The fourth-order valence-corrected chi connectivity index (χ4v) is 4.61. The smallest absolute Gasteiger partial charge is 0.339 e. The van der Waals surface area contributed by atoms with E-state index in [0.717, 1.165) is 5.56 Å². The molecule has 2 aromatic carbocycles. The van der Waals surface area contributed by atoms with Gasteiger partial charge in [-0.1, -0.05) is 42.6 Å². The fourth-order valence-electron chi connectivity index (χ4n) is 3.19. The summed E-state index contributed by atoms with van der Waals surface area (Å²) < 4.78 is 38.6. The van der Waals surface area contributed by atoms with E-state index >= 15 is 0 Å². The zero-order valence-corrected chi connectivity index (χ0v) is 19.8. The molecule has 0 spiro atoms. The van der Waals surface area contributed by atoms with E-state index in [2.05, 4.69) is 4.72 Å². The average Bonchev–Trinajstić information content (AvgIpc) is 2.73. The number of ether oxygens (including phenoxy) is 1. The average molecular weight is 478 g/mol. The van der Waals surface area contributed by atoms with E-state index in [9.17, 15) is 18.0 Å². The van der Waals surface area contributed by atoms with Crippen molar-refractivity contribution < 1.29 is 22.4 Å². The van der Waals surface area contributed by atoms with Crippen LogP contribution in [0.25, 0.3) is 11.0 Å². The van der Waals surface area contributed by atoms with Crippen LogP contribution in [0.5, 0.6) is 5.75 Å². The molecule has 0 fully saturated rings. The van der Waals surface area contributed by atoms with Crippen LogP contribution in [0.1, 0.15) is 36.5 Å². The molecule has 3 rings (SSSR count). The summed E-state index contributed by atoms with van der Waals surface area (Å²) in [6, 6.07) is 8.08. The molecule has 32 heavy (non-hydrogen) atoms. The lowest BCUT2D eigenvalue weighted by Crippen LogP contribution is -2.42. The van der Waals surface area contributed by atoms with Gasteiger partial charge in [-0.25, -0.2) is 18.0 Å². The SMILES string of the molecule is CCC[C@H](NS(=O)(=O)c1ccc(C)cc1)C(=O)Oc1cc2oc(=O)c(C)c(C)c2cc1Cl. The predicted octanol–water partition coefficient (Wildman–Crippen LogP) is 4.42. The molecule has 0 aliphatic rings. The molecule has 0 aliphatic heterocycles. The summed E-state index contributed by atoms with van der Waals surface area (Å²) in [6.45, 7) is 7.09. The molecule has 1 N–H and O–H groups in total. The maximum Gasteiger partial charge on any atom is 0.339 e. The van der Waals surface area contributed by atoms with Crippen molar-refractivity contribution >= 4 is 38.6 Å². The van der Waals surface area contributed by atoms with Crippen molar-refractivity contribution in [2.45, 2.75) is 51.5 Å². The number of nitrogens with one attached hydrogen (secondary N) is 1. The van der Waals surface area contributed by atoms with E-state index in [4.69, 9.17) is 20.8 Å². The first kappa shape index (κ1) is 24.0. The zero-order chi connectivity index (χ0) is 23.6. The Kier molecular flexibility index (Phi) is 7.07. The Labute approximate surface area is 191 Å². The molecule has 0 bridgehead atoms. The number of benzene rings is 2. The summed E-state index contributed by atoms with van der Waals surface area (Å²) >= 11 is 6.30. The molecule has 0 aliphatic carbocycles. The summed E-state index contributed by atoms with van der Waals surface area (Å²) in [5.74, 6) is -0.832. The van der Waals surface area contributed by atoms with E-state index in [1.165, 1.54) is 18.2 Å². The predicted molar refractivity (Wildman–Crippen MR) is 123 cm³/mol. The van der Waals surface area contributed by atoms with Crippen molar-refractivity contribution in [3.05, 3.63) is 68.5 Å². The van der Waals surface area contributed by atoms with Gasteiger partial charge < -0.3 is 9.15 Å². The van der Waals surface area contributed by atoms with Gasteiger partial charge in [0.1, 0.15) is 11.6 Å². The van der Waals surface area contributed by atoms with Crippen LogP contribution in [0.15, 0.2) is 50.5 Å². The van der Waals surface area contributed by atoms with Crippen molar-refractivity contribution in [1.82, 2.24) is 4.72 Å². The standard InChI is InChI=1S/C23H24ClNO6S/c1-5-6-19(25-32(28,29)16-9-7-13(2)8-10-16)23(27)31-21-12-20-17(11-18(21)24)14(3)15(4)22(26)30-20/h7-12,19,25H,5-6H2,1-4H3/t19-/m0/s1. The first-order valence-electron chi connectivity index (χ1n) is 10.1. The maximum absolute atomic E-state index is 12.8. The first-order valence-corrected chi connectivity index (χ1v) is 11.9. The Balaban J connectivity index is 1.89. The molecule has 170 valence electrons. The third-order valence-electron chi connectivity index (χ3n) is 5.21. The number of hydrogen-bond donors (Lipinski definition) is 1. The van der Waals surface area contributed by atoms with E-state index in [1.807, 2.05) is 13.8 Å². The Morgan fingerprint density at radius 1 is 1.12 bits per heavy atom. The van der Waals surface area contributed by atoms with Crippen molar-refractivity contribution in [3.8, 4) is 5.75 Å². The van der Waals surface area contributed by atoms with Gasteiger partial charge in [-0.05, 0) is 51.0 Å². The number of aryl methyl sites for hydroxylation is 2. The molecular formula is C23H24ClNO6S. The molecule has 0 radical (unpaired) electrons. The Morgan fingerprint density at radius 3 is 2.41 bits per heavy atom. The minimum atomic E-state index is -3.94. The lowest BCUT2D eigenvalue weighted by Gasteiger charge is -2.18. The zero-order valence-electron chi connectivity index (χ0n) is 18.2. The summed E-state index contributed by atoms with van der Waals surface area (Å²) in [7, 11) is -3.94.